The molecule has 2 heterocycles. The number of thioether (sulfide) groups is 1. The van der Waals surface area contributed by atoms with Gasteiger partial charge in [0, 0.05) is 24.8 Å². The van der Waals surface area contributed by atoms with Gasteiger partial charge in [-0.15, -0.1) is 10.2 Å². The predicted molar refractivity (Wildman–Crippen MR) is 119 cm³/mol. The molecule has 1 saturated heterocycles. The van der Waals surface area contributed by atoms with Crippen LogP contribution in [0.15, 0.2) is 27.4 Å². The first-order chi connectivity index (χ1) is 14.3. The van der Waals surface area contributed by atoms with E-state index in [1.54, 1.807) is 30.0 Å². The minimum absolute atomic E-state index is 0.176. The number of anilines is 1. The average molecular weight is 471 g/mol. The molecule has 1 N–H and O–H groups in total. The summed E-state index contributed by atoms with van der Waals surface area (Å²) in [5.41, 5.74) is 0.682. The smallest absolute Gasteiger partial charge is 0.243 e. The van der Waals surface area contributed by atoms with Crippen molar-refractivity contribution < 1.29 is 17.9 Å². The summed E-state index contributed by atoms with van der Waals surface area (Å²) in [5.74, 6) is 0.358. The fourth-order valence-electron chi connectivity index (χ4n) is 3.13. The lowest BCUT2D eigenvalue weighted by Gasteiger charge is -2.17. The van der Waals surface area contributed by atoms with E-state index in [0.717, 1.165) is 17.2 Å². The molecule has 1 aliphatic heterocycles. The highest BCUT2D eigenvalue weighted by Crippen LogP contribution is 2.29. The van der Waals surface area contributed by atoms with Gasteiger partial charge in [-0.05, 0) is 43.0 Å². The fourth-order valence-corrected chi connectivity index (χ4v) is 6.69. The van der Waals surface area contributed by atoms with Crippen molar-refractivity contribution >= 4 is 44.2 Å². The maximum absolute atomic E-state index is 12.8. The number of hydrogen-bond donors (Lipinski definition) is 1. The quantitative estimate of drug-likeness (QED) is 0.443. The van der Waals surface area contributed by atoms with Crippen LogP contribution in [0.2, 0.25) is 0 Å². The monoisotopic (exact) mass is 470 g/mol. The molecule has 3 rings (SSSR count). The zero-order valence-corrected chi connectivity index (χ0v) is 19.7. The van der Waals surface area contributed by atoms with Gasteiger partial charge < -0.3 is 10.1 Å². The van der Waals surface area contributed by atoms with Crippen LogP contribution in [-0.2, 0) is 21.2 Å². The van der Waals surface area contributed by atoms with E-state index in [4.69, 9.17) is 4.74 Å². The summed E-state index contributed by atoms with van der Waals surface area (Å²) in [4.78, 5) is 12.6. The Morgan fingerprint density at radius 2 is 2.03 bits per heavy atom. The number of carbonyl (C=O) groups is 1. The SMILES string of the molecule is COc1ccc(S(=O)(=O)N2CCCC2)cc1CCC(=O)Nc1nnc(SC(C)C)s1. The Labute approximate surface area is 185 Å². The number of rotatable bonds is 9. The topological polar surface area (TPSA) is 101 Å². The van der Waals surface area contributed by atoms with Gasteiger partial charge in [0.15, 0.2) is 4.34 Å². The van der Waals surface area contributed by atoms with Crippen molar-refractivity contribution in [2.75, 3.05) is 25.5 Å². The average Bonchev–Trinajstić information content (AvgIpc) is 3.38. The van der Waals surface area contributed by atoms with Crippen LogP contribution in [0.1, 0.15) is 38.7 Å². The molecule has 1 amide bonds. The molecule has 0 atom stereocenters. The Bertz CT molecular complexity index is 985. The third-order valence-corrected chi connectivity index (χ3v) is 8.39. The molecule has 1 fully saturated rings. The van der Waals surface area contributed by atoms with Gasteiger partial charge in [-0.1, -0.05) is 36.9 Å². The summed E-state index contributed by atoms with van der Waals surface area (Å²) in [6.45, 7) is 5.22. The number of amides is 1. The number of aryl methyl sites for hydroxylation is 1. The van der Waals surface area contributed by atoms with Crippen LogP contribution in [-0.4, -0.2) is 54.3 Å². The van der Waals surface area contributed by atoms with E-state index >= 15 is 0 Å². The summed E-state index contributed by atoms with van der Waals surface area (Å²) in [6, 6.07) is 4.82. The van der Waals surface area contributed by atoms with Crippen molar-refractivity contribution in [3.63, 3.8) is 0 Å². The Kier molecular flexibility index (Phi) is 7.72. The Balaban J connectivity index is 1.66. The number of aromatic nitrogens is 2. The van der Waals surface area contributed by atoms with Crippen molar-refractivity contribution in [3.05, 3.63) is 23.8 Å². The first-order valence-corrected chi connectivity index (χ1v) is 12.9. The molecule has 0 bridgehead atoms. The standard InChI is InChI=1S/C19H26N4O4S3/c1-13(2)28-19-22-21-18(29-19)20-17(24)9-6-14-12-15(7-8-16(14)27-3)30(25,26)23-10-4-5-11-23/h7-8,12-13H,4-6,9-11H2,1-3H3,(H,20,21,24). The first-order valence-electron chi connectivity index (χ1n) is 9.76. The summed E-state index contributed by atoms with van der Waals surface area (Å²) < 4.78 is 33.3. The van der Waals surface area contributed by atoms with Gasteiger partial charge in [-0.3, -0.25) is 4.79 Å². The Hall–Kier alpha value is -1.69. The fraction of sp³-hybridized carbons (Fsp3) is 0.526. The highest BCUT2D eigenvalue weighted by molar-refractivity contribution is 8.01. The molecule has 1 aliphatic rings. The molecule has 2 aromatic rings. The van der Waals surface area contributed by atoms with Crippen LogP contribution in [0.25, 0.3) is 0 Å². The highest BCUT2D eigenvalue weighted by Gasteiger charge is 2.27. The first kappa shape index (κ1) is 23.0. The van der Waals surface area contributed by atoms with Crippen LogP contribution in [0.5, 0.6) is 5.75 Å². The summed E-state index contributed by atoms with van der Waals surface area (Å²) in [5, 5.41) is 11.7. The molecule has 1 aromatic heterocycles. The van der Waals surface area contributed by atoms with Gasteiger partial charge in [-0.25, -0.2) is 8.42 Å². The van der Waals surface area contributed by atoms with Gasteiger partial charge in [0.2, 0.25) is 21.1 Å². The van der Waals surface area contributed by atoms with E-state index in [0.29, 0.717) is 41.2 Å². The van der Waals surface area contributed by atoms with Crippen molar-refractivity contribution in [2.24, 2.45) is 0 Å². The lowest BCUT2D eigenvalue weighted by Crippen LogP contribution is -2.28. The number of carbonyl (C=O) groups excluding carboxylic acids is 1. The molecule has 1 aromatic carbocycles. The Morgan fingerprint density at radius 1 is 1.30 bits per heavy atom. The number of methoxy groups -OCH3 is 1. The summed E-state index contributed by atoms with van der Waals surface area (Å²) >= 11 is 2.93. The molecule has 0 radical (unpaired) electrons. The van der Waals surface area contributed by atoms with E-state index in [1.807, 2.05) is 0 Å². The zero-order valence-electron chi connectivity index (χ0n) is 17.3. The molecule has 8 nitrogen and oxygen atoms in total. The molecule has 0 spiro atoms. The molecule has 11 heteroatoms. The maximum Gasteiger partial charge on any atom is 0.243 e. The van der Waals surface area contributed by atoms with Gasteiger partial charge >= 0.3 is 0 Å². The number of benzene rings is 1. The van der Waals surface area contributed by atoms with Crippen molar-refractivity contribution in [3.8, 4) is 5.75 Å². The Morgan fingerprint density at radius 3 is 2.70 bits per heavy atom. The number of sulfonamides is 1. The van der Waals surface area contributed by atoms with Gasteiger partial charge in [0.25, 0.3) is 0 Å². The van der Waals surface area contributed by atoms with Crippen LogP contribution >= 0.6 is 23.1 Å². The van der Waals surface area contributed by atoms with Crippen LogP contribution in [0.3, 0.4) is 0 Å². The lowest BCUT2D eigenvalue weighted by atomic mass is 10.1. The molecule has 0 saturated carbocycles. The van der Waals surface area contributed by atoms with E-state index in [9.17, 15) is 13.2 Å². The highest BCUT2D eigenvalue weighted by atomic mass is 32.2. The van der Waals surface area contributed by atoms with Gasteiger partial charge in [0.1, 0.15) is 5.75 Å². The van der Waals surface area contributed by atoms with Crippen molar-refractivity contribution in [1.29, 1.82) is 0 Å². The number of nitrogens with one attached hydrogen (secondary N) is 1. The second-order valence-electron chi connectivity index (χ2n) is 7.17. The third kappa shape index (κ3) is 5.71. The maximum atomic E-state index is 12.8. The molecular formula is C19H26N4O4S3. The van der Waals surface area contributed by atoms with E-state index in [-0.39, 0.29) is 17.2 Å². The van der Waals surface area contributed by atoms with E-state index < -0.39 is 10.0 Å². The molecule has 164 valence electrons. The predicted octanol–water partition coefficient (Wildman–Crippen LogP) is 3.40. The molecule has 30 heavy (non-hydrogen) atoms. The number of ether oxygens (including phenoxy) is 1. The summed E-state index contributed by atoms with van der Waals surface area (Å²) in [7, 11) is -1.99. The normalized spacial score (nSPS) is 14.9. The number of hydrogen-bond acceptors (Lipinski definition) is 8. The second kappa shape index (κ2) is 10.1. The van der Waals surface area contributed by atoms with Crippen LogP contribution < -0.4 is 10.1 Å². The van der Waals surface area contributed by atoms with Crippen LogP contribution in [0, 0.1) is 0 Å². The molecule has 0 aliphatic carbocycles. The largest absolute Gasteiger partial charge is 0.496 e. The van der Waals surface area contributed by atoms with Gasteiger partial charge in [0.05, 0.1) is 12.0 Å². The zero-order chi connectivity index (χ0) is 21.7. The van der Waals surface area contributed by atoms with Crippen molar-refractivity contribution in [1.82, 2.24) is 14.5 Å². The lowest BCUT2D eigenvalue weighted by molar-refractivity contribution is -0.116. The van der Waals surface area contributed by atoms with Gasteiger partial charge in [-0.2, -0.15) is 4.31 Å². The van der Waals surface area contributed by atoms with Crippen LogP contribution in [0.4, 0.5) is 5.13 Å². The number of nitrogens with zero attached hydrogens (tertiary/aromatic N) is 3. The molecular weight excluding hydrogens is 444 g/mol. The third-order valence-electron chi connectivity index (χ3n) is 4.57. The van der Waals surface area contributed by atoms with E-state index in [1.165, 1.54) is 22.8 Å². The summed E-state index contributed by atoms with van der Waals surface area (Å²) in [6.07, 6.45) is 2.29. The second-order valence-corrected chi connectivity index (χ2v) is 11.9. The van der Waals surface area contributed by atoms with Crippen molar-refractivity contribution in [2.45, 2.75) is 54.0 Å². The minimum atomic E-state index is -3.52. The molecule has 0 unspecified atom stereocenters. The minimum Gasteiger partial charge on any atom is -0.496 e. The van der Waals surface area contributed by atoms with E-state index in [2.05, 4.69) is 29.4 Å².